The van der Waals surface area contributed by atoms with Crippen LogP contribution in [0.3, 0.4) is 0 Å². The number of nitrogens with one attached hydrogen (secondary N) is 1. The lowest BCUT2D eigenvalue weighted by Crippen LogP contribution is -2.30. The number of fused-ring (bicyclic) bond motifs is 1. The SMILES string of the molecule is CC=Cc1ccc(OCC(=O)NCCc2cc(F)cc3c2OCOC3)c(OC)c1. The highest BCUT2D eigenvalue weighted by Gasteiger charge is 2.17. The third-order valence-electron chi connectivity index (χ3n) is 4.37. The average molecular weight is 401 g/mol. The van der Waals surface area contributed by atoms with Gasteiger partial charge >= 0.3 is 0 Å². The van der Waals surface area contributed by atoms with E-state index in [4.69, 9.17) is 18.9 Å². The molecule has 0 bridgehead atoms. The van der Waals surface area contributed by atoms with Crippen LogP contribution in [0.2, 0.25) is 0 Å². The molecule has 7 heteroatoms. The molecule has 1 heterocycles. The molecular formula is C22H24FNO5. The molecule has 0 atom stereocenters. The first kappa shape index (κ1) is 20.7. The Hall–Kier alpha value is -3.06. The molecule has 0 unspecified atom stereocenters. The predicted octanol–water partition coefficient (Wildman–Crippen LogP) is 3.47. The van der Waals surface area contributed by atoms with E-state index in [9.17, 15) is 9.18 Å². The minimum atomic E-state index is -0.351. The fourth-order valence-corrected chi connectivity index (χ4v) is 3.07. The van der Waals surface area contributed by atoms with Crippen LogP contribution in [0, 0.1) is 5.82 Å². The van der Waals surface area contributed by atoms with Gasteiger partial charge in [0.25, 0.3) is 5.91 Å². The van der Waals surface area contributed by atoms with Crippen LogP contribution in [0.25, 0.3) is 6.08 Å². The van der Waals surface area contributed by atoms with Gasteiger partial charge in [-0.15, -0.1) is 0 Å². The topological polar surface area (TPSA) is 66.0 Å². The maximum absolute atomic E-state index is 13.8. The van der Waals surface area contributed by atoms with Crippen LogP contribution in [0.15, 0.2) is 36.4 Å². The summed E-state index contributed by atoms with van der Waals surface area (Å²) in [6.45, 7) is 2.57. The summed E-state index contributed by atoms with van der Waals surface area (Å²) in [5, 5.41) is 2.77. The van der Waals surface area contributed by atoms with E-state index in [0.717, 1.165) is 5.56 Å². The van der Waals surface area contributed by atoms with E-state index in [-0.39, 0.29) is 25.1 Å². The standard InChI is InChI=1S/C22H24FNO5/c1-3-4-15-5-6-19(20(9-15)26-2)28-13-21(25)24-8-7-16-10-18(23)11-17-12-27-14-29-22(16)17/h3-6,9-11H,7-8,12-14H2,1-2H3,(H,24,25). The molecule has 0 radical (unpaired) electrons. The Morgan fingerprint density at radius 3 is 2.93 bits per heavy atom. The molecule has 2 aromatic carbocycles. The Morgan fingerprint density at radius 2 is 2.14 bits per heavy atom. The van der Waals surface area contributed by atoms with Crippen LogP contribution in [-0.4, -0.2) is 33.0 Å². The quantitative estimate of drug-likeness (QED) is 0.734. The Labute approximate surface area is 169 Å². The first-order chi connectivity index (χ1) is 14.1. The normalized spacial score (nSPS) is 12.9. The van der Waals surface area contributed by atoms with E-state index in [1.165, 1.54) is 12.1 Å². The van der Waals surface area contributed by atoms with Crippen LogP contribution in [0.1, 0.15) is 23.6 Å². The van der Waals surface area contributed by atoms with Gasteiger partial charge in [-0.1, -0.05) is 18.2 Å². The van der Waals surface area contributed by atoms with Crippen molar-refractivity contribution in [2.45, 2.75) is 20.0 Å². The van der Waals surface area contributed by atoms with Gasteiger partial charge in [-0.3, -0.25) is 4.79 Å². The molecule has 0 saturated heterocycles. The van der Waals surface area contributed by atoms with Crippen LogP contribution >= 0.6 is 0 Å². The summed E-state index contributed by atoms with van der Waals surface area (Å²) in [6, 6.07) is 8.31. The van der Waals surface area contributed by atoms with Crippen molar-refractivity contribution in [1.29, 1.82) is 0 Å². The van der Waals surface area contributed by atoms with E-state index in [0.29, 0.717) is 47.9 Å². The number of allylic oxidation sites excluding steroid dienone is 1. The van der Waals surface area contributed by atoms with Gasteiger partial charge in [0, 0.05) is 12.1 Å². The molecule has 0 fully saturated rings. The summed E-state index contributed by atoms with van der Waals surface area (Å²) >= 11 is 0. The van der Waals surface area contributed by atoms with E-state index < -0.39 is 0 Å². The van der Waals surface area contributed by atoms with Crippen molar-refractivity contribution in [3.05, 3.63) is 58.9 Å². The Balaban J connectivity index is 1.52. The highest BCUT2D eigenvalue weighted by Crippen LogP contribution is 2.30. The van der Waals surface area contributed by atoms with Crippen LogP contribution in [0.5, 0.6) is 17.2 Å². The molecule has 1 aliphatic heterocycles. The summed E-state index contributed by atoms with van der Waals surface area (Å²) in [5.41, 5.74) is 2.35. The third kappa shape index (κ3) is 5.48. The number of methoxy groups -OCH3 is 1. The van der Waals surface area contributed by atoms with Crippen molar-refractivity contribution in [3.63, 3.8) is 0 Å². The van der Waals surface area contributed by atoms with Crippen molar-refractivity contribution >= 4 is 12.0 Å². The second-order valence-electron chi connectivity index (χ2n) is 6.46. The van der Waals surface area contributed by atoms with Crippen molar-refractivity contribution in [1.82, 2.24) is 5.32 Å². The fraction of sp³-hybridized carbons (Fsp3) is 0.318. The van der Waals surface area contributed by atoms with Crippen LogP contribution in [-0.2, 0) is 22.6 Å². The number of rotatable bonds is 8. The number of ether oxygens (including phenoxy) is 4. The average Bonchev–Trinajstić information content (AvgIpc) is 2.72. The summed E-state index contributed by atoms with van der Waals surface area (Å²) < 4.78 is 35.3. The summed E-state index contributed by atoms with van der Waals surface area (Å²) in [6.07, 6.45) is 4.31. The molecular weight excluding hydrogens is 377 g/mol. The number of amides is 1. The smallest absolute Gasteiger partial charge is 0.257 e. The van der Waals surface area contributed by atoms with Gasteiger partial charge in [-0.05, 0) is 48.7 Å². The number of carbonyl (C=O) groups excluding carboxylic acids is 1. The Bertz CT molecular complexity index is 897. The van der Waals surface area contributed by atoms with E-state index in [1.54, 1.807) is 13.2 Å². The Kier molecular flexibility index (Phi) is 7.08. The second-order valence-corrected chi connectivity index (χ2v) is 6.46. The van der Waals surface area contributed by atoms with Crippen molar-refractivity contribution in [3.8, 4) is 17.2 Å². The molecule has 1 aliphatic rings. The minimum Gasteiger partial charge on any atom is -0.493 e. The number of carbonyl (C=O) groups is 1. The Morgan fingerprint density at radius 1 is 1.28 bits per heavy atom. The molecule has 1 N–H and O–H groups in total. The maximum Gasteiger partial charge on any atom is 0.257 e. The zero-order valence-corrected chi connectivity index (χ0v) is 16.5. The zero-order chi connectivity index (χ0) is 20.6. The molecule has 0 saturated carbocycles. The monoisotopic (exact) mass is 401 g/mol. The van der Waals surface area contributed by atoms with Gasteiger partial charge in [0.05, 0.1) is 13.7 Å². The largest absolute Gasteiger partial charge is 0.493 e. The van der Waals surface area contributed by atoms with Crippen molar-refractivity contribution in [2.75, 3.05) is 27.1 Å². The molecule has 0 aromatic heterocycles. The lowest BCUT2D eigenvalue weighted by Gasteiger charge is -2.21. The van der Waals surface area contributed by atoms with Gasteiger partial charge in [-0.25, -0.2) is 4.39 Å². The van der Waals surface area contributed by atoms with E-state index in [2.05, 4.69) is 5.32 Å². The van der Waals surface area contributed by atoms with Gasteiger partial charge in [0.15, 0.2) is 24.9 Å². The fourth-order valence-electron chi connectivity index (χ4n) is 3.07. The highest BCUT2D eigenvalue weighted by molar-refractivity contribution is 5.77. The number of hydrogen-bond donors (Lipinski definition) is 1. The van der Waals surface area contributed by atoms with Gasteiger partial charge in [0.2, 0.25) is 0 Å². The third-order valence-corrected chi connectivity index (χ3v) is 4.37. The molecule has 29 heavy (non-hydrogen) atoms. The molecule has 6 nitrogen and oxygen atoms in total. The minimum absolute atomic E-state index is 0.139. The maximum atomic E-state index is 13.8. The van der Waals surface area contributed by atoms with Crippen LogP contribution < -0.4 is 19.5 Å². The summed E-state index contributed by atoms with van der Waals surface area (Å²) in [7, 11) is 1.55. The number of benzene rings is 2. The predicted molar refractivity (Wildman–Crippen MR) is 107 cm³/mol. The molecule has 0 aliphatic carbocycles. The van der Waals surface area contributed by atoms with Gasteiger partial charge < -0.3 is 24.3 Å². The molecule has 0 spiro atoms. The van der Waals surface area contributed by atoms with Crippen LogP contribution in [0.4, 0.5) is 4.39 Å². The van der Waals surface area contributed by atoms with Crippen molar-refractivity contribution < 1.29 is 28.1 Å². The molecule has 154 valence electrons. The van der Waals surface area contributed by atoms with Crippen molar-refractivity contribution in [2.24, 2.45) is 0 Å². The second kappa shape index (κ2) is 9.93. The van der Waals surface area contributed by atoms with E-state index in [1.807, 2.05) is 31.2 Å². The summed E-state index contributed by atoms with van der Waals surface area (Å²) in [5.74, 6) is 1.05. The summed E-state index contributed by atoms with van der Waals surface area (Å²) in [4.78, 5) is 12.1. The number of halogens is 1. The molecule has 2 aromatic rings. The zero-order valence-electron chi connectivity index (χ0n) is 16.5. The number of hydrogen-bond acceptors (Lipinski definition) is 5. The first-order valence-electron chi connectivity index (χ1n) is 9.32. The lowest BCUT2D eigenvalue weighted by atomic mass is 10.1. The van der Waals surface area contributed by atoms with Gasteiger partial charge in [0.1, 0.15) is 11.6 Å². The first-order valence-corrected chi connectivity index (χ1v) is 9.32. The molecule has 3 rings (SSSR count). The highest BCUT2D eigenvalue weighted by atomic mass is 19.1. The van der Waals surface area contributed by atoms with Gasteiger partial charge in [-0.2, -0.15) is 0 Å². The van der Waals surface area contributed by atoms with E-state index >= 15 is 0 Å². The molecule has 1 amide bonds. The lowest BCUT2D eigenvalue weighted by molar-refractivity contribution is -0.123.